The minimum absolute atomic E-state index is 0.00523. The van der Waals surface area contributed by atoms with Crippen LogP contribution in [-0.2, 0) is 12.8 Å². The van der Waals surface area contributed by atoms with Gasteiger partial charge in [0, 0.05) is 11.1 Å². The van der Waals surface area contributed by atoms with Crippen LogP contribution in [0.3, 0.4) is 0 Å². The standard InChI is InChI=1S/C20H18N2O3/c23-19(17-6-5-14-3-1-2-4-16(14)11-17)12-24-18-9-7-15(8-10-18)20-22-21-13-25-20/h5-11,13H,1-4,12H2. The average molecular weight is 334 g/mol. The Balaban J connectivity index is 1.40. The fourth-order valence-corrected chi connectivity index (χ4v) is 3.13. The van der Waals surface area contributed by atoms with Gasteiger partial charge >= 0.3 is 0 Å². The summed E-state index contributed by atoms with van der Waals surface area (Å²) in [6.45, 7) is 0.0265. The summed E-state index contributed by atoms with van der Waals surface area (Å²) in [5.74, 6) is 1.08. The average Bonchev–Trinajstić information content (AvgIpc) is 3.21. The first-order chi connectivity index (χ1) is 12.3. The Hall–Kier alpha value is -2.95. The van der Waals surface area contributed by atoms with Gasteiger partial charge in [-0.2, -0.15) is 0 Å². The number of hydrogen-bond acceptors (Lipinski definition) is 5. The van der Waals surface area contributed by atoms with Crippen molar-refractivity contribution in [2.24, 2.45) is 0 Å². The molecule has 2 aromatic carbocycles. The molecule has 5 nitrogen and oxygen atoms in total. The molecule has 0 aliphatic heterocycles. The van der Waals surface area contributed by atoms with Crippen LogP contribution in [0.5, 0.6) is 5.75 Å². The molecule has 0 amide bonds. The van der Waals surface area contributed by atoms with E-state index >= 15 is 0 Å². The normalized spacial score (nSPS) is 13.3. The monoisotopic (exact) mass is 334 g/mol. The van der Waals surface area contributed by atoms with Gasteiger partial charge in [-0.15, -0.1) is 10.2 Å². The number of hydrogen-bond donors (Lipinski definition) is 0. The van der Waals surface area contributed by atoms with E-state index in [1.54, 1.807) is 12.1 Å². The van der Waals surface area contributed by atoms with Crippen molar-refractivity contribution in [1.82, 2.24) is 10.2 Å². The first-order valence-electron chi connectivity index (χ1n) is 8.44. The number of nitrogens with zero attached hydrogens (tertiary/aromatic N) is 2. The molecule has 0 atom stereocenters. The quantitative estimate of drug-likeness (QED) is 0.663. The predicted molar refractivity (Wildman–Crippen MR) is 92.6 cm³/mol. The number of carbonyl (C=O) groups excluding carboxylic acids is 1. The van der Waals surface area contributed by atoms with E-state index in [-0.39, 0.29) is 12.4 Å². The number of carbonyl (C=O) groups is 1. The highest BCUT2D eigenvalue weighted by atomic mass is 16.5. The second-order valence-corrected chi connectivity index (χ2v) is 6.17. The molecule has 5 heteroatoms. The van der Waals surface area contributed by atoms with Crippen LogP contribution in [0, 0.1) is 0 Å². The third-order valence-electron chi connectivity index (χ3n) is 4.50. The van der Waals surface area contributed by atoms with Gasteiger partial charge in [0.2, 0.25) is 12.3 Å². The Kier molecular flexibility index (Phi) is 4.29. The van der Waals surface area contributed by atoms with Crippen LogP contribution in [0.1, 0.15) is 34.3 Å². The molecule has 0 radical (unpaired) electrons. The number of benzene rings is 2. The number of Topliss-reactive ketones (excluding diaryl/α,β-unsaturated/α-hetero) is 1. The number of ether oxygens (including phenoxy) is 1. The zero-order valence-electron chi connectivity index (χ0n) is 13.8. The second kappa shape index (κ2) is 6.89. The molecule has 0 saturated carbocycles. The van der Waals surface area contributed by atoms with E-state index in [1.165, 1.54) is 30.4 Å². The van der Waals surface area contributed by atoms with Crippen molar-refractivity contribution in [3.8, 4) is 17.2 Å². The van der Waals surface area contributed by atoms with E-state index < -0.39 is 0 Å². The number of aromatic nitrogens is 2. The van der Waals surface area contributed by atoms with Crippen molar-refractivity contribution in [2.75, 3.05) is 6.61 Å². The zero-order chi connectivity index (χ0) is 17.1. The van der Waals surface area contributed by atoms with Gasteiger partial charge in [0.15, 0.2) is 12.4 Å². The molecule has 4 rings (SSSR count). The lowest BCUT2D eigenvalue weighted by molar-refractivity contribution is 0.0921. The fourth-order valence-electron chi connectivity index (χ4n) is 3.13. The lowest BCUT2D eigenvalue weighted by Crippen LogP contribution is -2.13. The van der Waals surface area contributed by atoms with Gasteiger partial charge in [0.1, 0.15) is 5.75 Å². The summed E-state index contributed by atoms with van der Waals surface area (Å²) in [5.41, 5.74) is 4.22. The Bertz CT molecular complexity index is 870. The Morgan fingerprint density at radius 3 is 2.60 bits per heavy atom. The molecular formula is C20H18N2O3. The predicted octanol–water partition coefficient (Wildman–Crippen LogP) is 3.88. The van der Waals surface area contributed by atoms with Crippen molar-refractivity contribution in [2.45, 2.75) is 25.7 Å². The van der Waals surface area contributed by atoms with Gasteiger partial charge in [-0.1, -0.05) is 12.1 Å². The third kappa shape index (κ3) is 3.45. The lowest BCUT2D eigenvalue weighted by Gasteiger charge is -2.16. The van der Waals surface area contributed by atoms with E-state index in [4.69, 9.17) is 9.15 Å². The third-order valence-corrected chi connectivity index (χ3v) is 4.50. The summed E-state index contributed by atoms with van der Waals surface area (Å²) in [5, 5.41) is 7.51. The van der Waals surface area contributed by atoms with Crippen molar-refractivity contribution >= 4 is 5.78 Å². The van der Waals surface area contributed by atoms with Crippen LogP contribution in [0.4, 0.5) is 0 Å². The molecule has 1 aliphatic rings. The molecule has 0 unspecified atom stereocenters. The number of ketones is 1. The number of aryl methyl sites for hydroxylation is 2. The van der Waals surface area contributed by atoms with Crippen molar-refractivity contribution < 1.29 is 13.9 Å². The van der Waals surface area contributed by atoms with Crippen LogP contribution < -0.4 is 4.74 Å². The van der Waals surface area contributed by atoms with Gasteiger partial charge < -0.3 is 9.15 Å². The molecular weight excluding hydrogens is 316 g/mol. The minimum atomic E-state index is -0.00523. The Morgan fingerprint density at radius 1 is 1.04 bits per heavy atom. The zero-order valence-corrected chi connectivity index (χ0v) is 13.8. The summed E-state index contributed by atoms with van der Waals surface area (Å²) in [4.78, 5) is 12.4. The molecule has 0 saturated heterocycles. The van der Waals surface area contributed by atoms with E-state index in [0.717, 1.165) is 24.0 Å². The van der Waals surface area contributed by atoms with E-state index in [1.807, 2.05) is 24.3 Å². The molecule has 1 aromatic heterocycles. The largest absolute Gasteiger partial charge is 0.485 e. The smallest absolute Gasteiger partial charge is 0.247 e. The van der Waals surface area contributed by atoms with E-state index in [0.29, 0.717) is 11.6 Å². The van der Waals surface area contributed by atoms with Crippen LogP contribution in [0.25, 0.3) is 11.5 Å². The van der Waals surface area contributed by atoms with Gasteiger partial charge in [0.25, 0.3) is 0 Å². The summed E-state index contributed by atoms with van der Waals surface area (Å²) in [7, 11) is 0. The molecule has 0 spiro atoms. The molecule has 3 aromatic rings. The SMILES string of the molecule is O=C(COc1ccc(-c2nnco2)cc1)c1ccc2c(c1)CCCC2. The van der Waals surface area contributed by atoms with Gasteiger partial charge in [-0.25, -0.2) is 0 Å². The van der Waals surface area contributed by atoms with E-state index in [9.17, 15) is 4.79 Å². The van der Waals surface area contributed by atoms with Gasteiger partial charge in [0.05, 0.1) is 0 Å². The fraction of sp³-hybridized carbons (Fsp3) is 0.250. The van der Waals surface area contributed by atoms with Gasteiger partial charge in [-0.05, 0) is 67.1 Å². The van der Waals surface area contributed by atoms with Crippen molar-refractivity contribution in [3.05, 3.63) is 65.5 Å². The van der Waals surface area contributed by atoms with Gasteiger partial charge in [-0.3, -0.25) is 4.79 Å². The second-order valence-electron chi connectivity index (χ2n) is 6.17. The Labute approximate surface area is 145 Å². The highest BCUT2D eigenvalue weighted by Gasteiger charge is 2.13. The summed E-state index contributed by atoms with van der Waals surface area (Å²) in [6, 6.07) is 13.3. The molecule has 126 valence electrons. The highest BCUT2D eigenvalue weighted by molar-refractivity contribution is 5.97. The molecule has 0 N–H and O–H groups in total. The maximum Gasteiger partial charge on any atom is 0.247 e. The summed E-state index contributed by atoms with van der Waals surface area (Å²) >= 11 is 0. The van der Waals surface area contributed by atoms with Crippen LogP contribution in [0.2, 0.25) is 0 Å². The first kappa shape index (κ1) is 15.6. The van der Waals surface area contributed by atoms with Crippen LogP contribution in [-0.4, -0.2) is 22.6 Å². The van der Waals surface area contributed by atoms with Crippen LogP contribution in [0.15, 0.2) is 53.3 Å². The maximum absolute atomic E-state index is 12.4. The minimum Gasteiger partial charge on any atom is -0.485 e. The molecule has 25 heavy (non-hydrogen) atoms. The van der Waals surface area contributed by atoms with Crippen molar-refractivity contribution in [3.63, 3.8) is 0 Å². The Morgan fingerprint density at radius 2 is 1.84 bits per heavy atom. The highest BCUT2D eigenvalue weighted by Crippen LogP contribution is 2.23. The molecule has 0 fully saturated rings. The summed E-state index contributed by atoms with van der Waals surface area (Å²) < 4.78 is 10.8. The number of fused-ring (bicyclic) bond motifs is 1. The first-order valence-corrected chi connectivity index (χ1v) is 8.44. The number of rotatable bonds is 5. The topological polar surface area (TPSA) is 65.2 Å². The van der Waals surface area contributed by atoms with Crippen molar-refractivity contribution in [1.29, 1.82) is 0 Å². The lowest BCUT2D eigenvalue weighted by atomic mass is 9.90. The molecule has 1 aliphatic carbocycles. The maximum atomic E-state index is 12.4. The van der Waals surface area contributed by atoms with E-state index in [2.05, 4.69) is 16.3 Å². The summed E-state index contributed by atoms with van der Waals surface area (Å²) in [6.07, 6.45) is 5.91. The van der Waals surface area contributed by atoms with Crippen LogP contribution >= 0.6 is 0 Å². The molecule has 0 bridgehead atoms. The molecule has 1 heterocycles.